The number of hydrogen-bond acceptors (Lipinski definition) is 1. The molecule has 0 unspecified atom stereocenters. The van der Waals surface area contributed by atoms with E-state index < -0.39 is 0 Å². The predicted octanol–water partition coefficient (Wildman–Crippen LogP) is 4.58. The van der Waals surface area contributed by atoms with Gasteiger partial charge in [0.25, 0.3) is 0 Å². The van der Waals surface area contributed by atoms with Crippen molar-refractivity contribution in [2.24, 2.45) is 0 Å². The minimum Gasteiger partial charge on any atom is -0.493 e. The molecule has 0 bridgehead atoms. The largest absolute Gasteiger partial charge is 0.493 e. The second-order valence-electron chi connectivity index (χ2n) is 4.30. The van der Waals surface area contributed by atoms with Gasteiger partial charge < -0.3 is 4.74 Å². The molecule has 2 aromatic rings. The molecular formula is C16H20O. The van der Waals surface area contributed by atoms with Crippen molar-refractivity contribution in [3.05, 3.63) is 42.0 Å². The molecule has 0 radical (unpaired) electrons. The SMILES string of the molecule is CCCCc1ccc(OCC)c2ccccc12. The molecule has 2 aromatic carbocycles. The van der Waals surface area contributed by atoms with Gasteiger partial charge in [0.15, 0.2) is 0 Å². The Kier molecular flexibility index (Phi) is 4.03. The van der Waals surface area contributed by atoms with Crippen molar-refractivity contribution >= 4 is 10.8 Å². The summed E-state index contributed by atoms with van der Waals surface area (Å²) in [5.74, 6) is 1.00. The van der Waals surface area contributed by atoms with Gasteiger partial charge in [-0.15, -0.1) is 0 Å². The van der Waals surface area contributed by atoms with Crippen molar-refractivity contribution in [1.29, 1.82) is 0 Å². The fraction of sp³-hybridized carbons (Fsp3) is 0.375. The molecule has 0 saturated heterocycles. The normalized spacial score (nSPS) is 10.7. The lowest BCUT2D eigenvalue weighted by Crippen LogP contribution is -1.94. The van der Waals surface area contributed by atoms with Crippen LogP contribution in [0.4, 0.5) is 0 Å². The van der Waals surface area contributed by atoms with Crippen molar-refractivity contribution in [3.63, 3.8) is 0 Å². The van der Waals surface area contributed by atoms with Crippen LogP contribution in [0, 0.1) is 0 Å². The topological polar surface area (TPSA) is 9.23 Å². The van der Waals surface area contributed by atoms with Crippen molar-refractivity contribution in [3.8, 4) is 5.75 Å². The Morgan fingerprint density at radius 3 is 2.41 bits per heavy atom. The summed E-state index contributed by atoms with van der Waals surface area (Å²) in [6.07, 6.45) is 3.64. The Hall–Kier alpha value is -1.50. The maximum atomic E-state index is 5.68. The molecule has 0 aliphatic rings. The van der Waals surface area contributed by atoms with E-state index in [2.05, 4.69) is 43.3 Å². The zero-order valence-electron chi connectivity index (χ0n) is 10.7. The second-order valence-corrected chi connectivity index (χ2v) is 4.30. The molecule has 0 aliphatic carbocycles. The number of benzene rings is 2. The first-order chi connectivity index (χ1) is 8.36. The van der Waals surface area contributed by atoms with E-state index in [1.807, 2.05) is 6.92 Å². The molecule has 0 heterocycles. The fourth-order valence-electron chi connectivity index (χ4n) is 2.20. The van der Waals surface area contributed by atoms with Gasteiger partial charge in [-0.25, -0.2) is 0 Å². The first-order valence-electron chi connectivity index (χ1n) is 6.50. The molecule has 0 aromatic heterocycles. The van der Waals surface area contributed by atoms with Crippen LogP contribution >= 0.6 is 0 Å². The van der Waals surface area contributed by atoms with Gasteiger partial charge in [0, 0.05) is 5.39 Å². The summed E-state index contributed by atoms with van der Waals surface area (Å²) < 4.78 is 5.68. The quantitative estimate of drug-likeness (QED) is 0.727. The van der Waals surface area contributed by atoms with E-state index in [1.165, 1.54) is 29.2 Å². The third kappa shape index (κ3) is 2.60. The molecule has 0 fully saturated rings. The van der Waals surface area contributed by atoms with Crippen molar-refractivity contribution in [2.45, 2.75) is 33.1 Å². The van der Waals surface area contributed by atoms with Crippen LogP contribution in [0.2, 0.25) is 0 Å². The van der Waals surface area contributed by atoms with Gasteiger partial charge in [-0.2, -0.15) is 0 Å². The zero-order chi connectivity index (χ0) is 12.1. The lowest BCUT2D eigenvalue weighted by molar-refractivity contribution is 0.344. The Labute approximate surface area is 103 Å². The van der Waals surface area contributed by atoms with Crippen LogP contribution < -0.4 is 4.74 Å². The number of hydrogen-bond donors (Lipinski definition) is 0. The van der Waals surface area contributed by atoms with Crippen molar-refractivity contribution in [2.75, 3.05) is 6.61 Å². The van der Waals surface area contributed by atoms with Gasteiger partial charge in [0.1, 0.15) is 5.75 Å². The fourth-order valence-corrected chi connectivity index (χ4v) is 2.20. The van der Waals surface area contributed by atoms with Gasteiger partial charge in [0.05, 0.1) is 6.61 Å². The molecule has 0 amide bonds. The zero-order valence-corrected chi connectivity index (χ0v) is 10.7. The van der Waals surface area contributed by atoms with Gasteiger partial charge in [-0.05, 0) is 36.8 Å². The van der Waals surface area contributed by atoms with Crippen LogP contribution in [0.3, 0.4) is 0 Å². The van der Waals surface area contributed by atoms with Crippen molar-refractivity contribution in [1.82, 2.24) is 0 Å². The molecule has 0 N–H and O–H groups in total. The number of rotatable bonds is 5. The molecule has 17 heavy (non-hydrogen) atoms. The lowest BCUT2D eigenvalue weighted by Gasteiger charge is -2.11. The van der Waals surface area contributed by atoms with E-state index in [9.17, 15) is 0 Å². The molecule has 0 spiro atoms. The standard InChI is InChI=1S/C16H20O/c1-3-5-8-13-11-12-16(17-4-2)15-10-7-6-9-14(13)15/h6-7,9-12H,3-5,8H2,1-2H3. The highest BCUT2D eigenvalue weighted by molar-refractivity contribution is 5.91. The summed E-state index contributed by atoms with van der Waals surface area (Å²) in [6.45, 7) is 4.98. The third-order valence-corrected chi connectivity index (χ3v) is 3.07. The smallest absolute Gasteiger partial charge is 0.127 e. The molecule has 0 aliphatic heterocycles. The van der Waals surface area contributed by atoms with Crippen LogP contribution in [0.1, 0.15) is 32.3 Å². The van der Waals surface area contributed by atoms with Crippen LogP contribution in [0.5, 0.6) is 5.75 Å². The number of fused-ring (bicyclic) bond motifs is 1. The summed E-state index contributed by atoms with van der Waals surface area (Å²) >= 11 is 0. The van der Waals surface area contributed by atoms with Crippen LogP contribution in [-0.4, -0.2) is 6.61 Å². The van der Waals surface area contributed by atoms with Gasteiger partial charge in [0.2, 0.25) is 0 Å². The van der Waals surface area contributed by atoms with Gasteiger partial charge in [-0.1, -0.05) is 43.7 Å². The monoisotopic (exact) mass is 228 g/mol. The van der Waals surface area contributed by atoms with E-state index in [-0.39, 0.29) is 0 Å². The maximum Gasteiger partial charge on any atom is 0.127 e. The average Bonchev–Trinajstić information content (AvgIpc) is 2.38. The predicted molar refractivity (Wildman–Crippen MR) is 73.7 cm³/mol. The van der Waals surface area contributed by atoms with E-state index in [1.54, 1.807) is 0 Å². The highest BCUT2D eigenvalue weighted by Crippen LogP contribution is 2.29. The molecule has 2 rings (SSSR count). The Balaban J connectivity index is 2.46. The molecule has 0 saturated carbocycles. The second kappa shape index (κ2) is 5.72. The highest BCUT2D eigenvalue weighted by atomic mass is 16.5. The Morgan fingerprint density at radius 1 is 0.941 bits per heavy atom. The number of ether oxygens (including phenoxy) is 1. The number of unbranched alkanes of at least 4 members (excludes halogenated alkanes) is 1. The third-order valence-electron chi connectivity index (χ3n) is 3.07. The summed E-state index contributed by atoms with van der Waals surface area (Å²) in [5.41, 5.74) is 1.44. The molecular weight excluding hydrogens is 208 g/mol. The van der Waals surface area contributed by atoms with Crippen molar-refractivity contribution < 1.29 is 4.74 Å². The van der Waals surface area contributed by atoms with Gasteiger partial charge in [-0.3, -0.25) is 0 Å². The van der Waals surface area contributed by atoms with Crippen LogP contribution in [-0.2, 0) is 6.42 Å². The van der Waals surface area contributed by atoms with Gasteiger partial charge >= 0.3 is 0 Å². The van der Waals surface area contributed by atoms with Crippen LogP contribution in [0.25, 0.3) is 10.8 Å². The Bertz CT molecular complexity index is 488. The first-order valence-corrected chi connectivity index (χ1v) is 6.50. The molecule has 1 nitrogen and oxygen atoms in total. The molecule has 1 heteroatoms. The minimum absolute atomic E-state index is 0.721. The van der Waals surface area contributed by atoms with E-state index in [4.69, 9.17) is 4.74 Å². The maximum absolute atomic E-state index is 5.68. The van der Waals surface area contributed by atoms with E-state index >= 15 is 0 Å². The molecule has 0 atom stereocenters. The number of aryl methyl sites for hydroxylation is 1. The highest BCUT2D eigenvalue weighted by Gasteiger charge is 2.05. The summed E-state index contributed by atoms with van der Waals surface area (Å²) in [6, 6.07) is 12.8. The Morgan fingerprint density at radius 2 is 1.71 bits per heavy atom. The molecule has 90 valence electrons. The summed E-state index contributed by atoms with van der Waals surface area (Å²) in [7, 11) is 0. The lowest BCUT2D eigenvalue weighted by atomic mass is 9.99. The van der Waals surface area contributed by atoms with E-state index in [0.29, 0.717) is 0 Å². The van der Waals surface area contributed by atoms with E-state index in [0.717, 1.165) is 18.8 Å². The van der Waals surface area contributed by atoms with Crippen LogP contribution in [0.15, 0.2) is 36.4 Å². The summed E-state index contributed by atoms with van der Waals surface area (Å²) in [5, 5.41) is 2.58. The average molecular weight is 228 g/mol. The summed E-state index contributed by atoms with van der Waals surface area (Å²) in [4.78, 5) is 0. The minimum atomic E-state index is 0.721. The first kappa shape index (κ1) is 12.0.